The van der Waals surface area contributed by atoms with Crippen molar-refractivity contribution in [2.24, 2.45) is 5.92 Å². The zero-order valence-electron chi connectivity index (χ0n) is 16.5. The van der Waals surface area contributed by atoms with Crippen LogP contribution in [0.2, 0.25) is 10.0 Å². The van der Waals surface area contributed by atoms with Gasteiger partial charge in [0.05, 0.1) is 17.4 Å². The van der Waals surface area contributed by atoms with Crippen LogP contribution in [0.1, 0.15) is 17.2 Å². The number of fused-ring (bicyclic) bond motifs is 1. The molecule has 0 radical (unpaired) electrons. The van der Waals surface area contributed by atoms with Crippen molar-refractivity contribution in [1.29, 1.82) is 0 Å². The normalized spacial score (nSPS) is 22.9. The summed E-state index contributed by atoms with van der Waals surface area (Å²) in [6, 6.07) is 21.2. The quantitative estimate of drug-likeness (QED) is 0.502. The number of hydrogen-bond acceptors (Lipinski definition) is 4. The second-order valence-electron chi connectivity index (χ2n) is 7.67. The summed E-state index contributed by atoms with van der Waals surface area (Å²) < 4.78 is 0. The Hall–Kier alpha value is -2.86. The lowest BCUT2D eigenvalue weighted by atomic mass is 9.90. The molecule has 0 unspecified atom stereocenters. The summed E-state index contributed by atoms with van der Waals surface area (Å²) in [5.74, 6) is -1.43. The third kappa shape index (κ3) is 3.30. The van der Waals surface area contributed by atoms with Crippen molar-refractivity contribution in [1.82, 2.24) is 0 Å². The van der Waals surface area contributed by atoms with Gasteiger partial charge in [0.1, 0.15) is 5.92 Å². The zero-order valence-corrected chi connectivity index (χ0v) is 18.0. The number of aryl methyl sites for hydroxylation is 1. The number of carbonyl (C=O) groups excluding carboxylic acids is 2. The molecule has 0 aliphatic carbocycles. The third-order valence-corrected chi connectivity index (χ3v) is 6.23. The Kier molecular flexibility index (Phi) is 4.97. The molecule has 0 aromatic heterocycles. The SMILES string of the molecule is Cc1cccc(N2C(=O)[C@@H]3[C@@H](c4ccc(Cl)cc4Cl)N(c4ccccc4)O[C@H]3C2=O)c1. The van der Waals surface area contributed by atoms with Crippen LogP contribution in [0.4, 0.5) is 11.4 Å². The van der Waals surface area contributed by atoms with Gasteiger partial charge >= 0.3 is 0 Å². The van der Waals surface area contributed by atoms with Crippen molar-refractivity contribution in [3.05, 3.63) is 94.0 Å². The smallest absolute Gasteiger partial charge is 0.266 e. The number of carbonyl (C=O) groups is 2. The Morgan fingerprint density at radius 2 is 1.58 bits per heavy atom. The summed E-state index contributed by atoms with van der Waals surface area (Å²) in [6.45, 7) is 1.92. The number of hydrogen-bond donors (Lipinski definition) is 0. The van der Waals surface area contributed by atoms with E-state index in [0.29, 0.717) is 21.3 Å². The summed E-state index contributed by atoms with van der Waals surface area (Å²) in [4.78, 5) is 34.2. The molecular weight excluding hydrogens is 435 g/mol. The second-order valence-corrected chi connectivity index (χ2v) is 8.52. The van der Waals surface area contributed by atoms with Crippen LogP contribution in [0.3, 0.4) is 0 Å². The lowest BCUT2D eigenvalue weighted by molar-refractivity contribution is -0.126. The first-order valence-corrected chi connectivity index (χ1v) is 10.6. The molecule has 2 fully saturated rings. The predicted octanol–water partition coefficient (Wildman–Crippen LogP) is 5.35. The molecule has 0 spiro atoms. The van der Waals surface area contributed by atoms with Gasteiger partial charge in [-0.05, 0) is 54.4 Å². The number of para-hydroxylation sites is 1. The Labute approximate surface area is 189 Å². The van der Waals surface area contributed by atoms with Gasteiger partial charge in [0.25, 0.3) is 5.91 Å². The highest BCUT2D eigenvalue weighted by molar-refractivity contribution is 6.35. The topological polar surface area (TPSA) is 49.9 Å². The van der Waals surface area contributed by atoms with Gasteiger partial charge in [-0.15, -0.1) is 0 Å². The molecule has 0 N–H and O–H groups in total. The summed E-state index contributed by atoms with van der Waals surface area (Å²) >= 11 is 12.6. The first-order chi connectivity index (χ1) is 15.0. The second kappa shape index (κ2) is 7.68. The van der Waals surface area contributed by atoms with Gasteiger partial charge in [0, 0.05) is 10.0 Å². The van der Waals surface area contributed by atoms with Gasteiger partial charge in [-0.2, -0.15) is 0 Å². The molecule has 2 aliphatic rings. The van der Waals surface area contributed by atoms with Crippen LogP contribution in [0.15, 0.2) is 72.8 Å². The zero-order chi connectivity index (χ0) is 21.7. The van der Waals surface area contributed by atoms with E-state index in [1.165, 1.54) is 4.90 Å². The predicted molar refractivity (Wildman–Crippen MR) is 120 cm³/mol. The number of benzene rings is 3. The highest BCUT2D eigenvalue weighted by atomic mass is 35.5. The maximum Gasteiger partial charge on any atom is 0.266 e. The van der Waals surface area contributed by atoms with E-state index in [1.54, 1.807) is 29.3 Å². The first-order valence-electron chi connectivity index (χ1n) is 9.86. The third-order valence-electron chi connectivity index (χ3n) is 5.67. The summed E-state index contributed by atoms with van der Waals surface area (Å²) in [5.41, 5.74) is 2.91. The molecule has 3 aromatic carbocycles. The van der Waals surface area contributed by atoms with Crippen molar-refractivity contribution in [2.75, 3.05) is 9.96 Å². The number of amides is 2. The van der Waals surface area contributed by atoms with E-state index >= 15 is 0 Å². The number of rotatable bonds is 3. The van der Waals surface area contributed by atoms with E-state index in [9.17, 15) is 9.59 Å². The highest BCUT2D eigenvalue weighted by Crippen LogP contribution is 2.49. The Morgan fingerprint density at radius 3 is 2.29 bits per heavy atom. The minimum Gasteiger partial charge on any atom is -0.273 e. The fourth-order valence-corrected chi connectivity index (χ4v) is 4.81. The molecule has 156 valence electrons. The molecular formula is C24H18Cl2N2O3. The molecule has 2 heterocycles. The molecule has 2 amide bonds. The minimum absolute atomic E-state index is 0.310. The van der Waals surface area contributed by atoms with E-state index in [1.807, 2.05) is 55.5 Å². The van der Waals surface area contributed by atoms with Crippen molar-refractivity contribution in [3.8, 4) is 0 Å². The van der Waals surface area contributed by atoms with E-state index < -0.39 is 18.1 Å². The van der Waals surface area contributed by atoms with Crippen LogP contribution in [-0.4, -0.2) is 17.9 Å². The maximum atomic E-state index is 13.6. The molecule has 31 heavy (non-hydrogen) atoms. The maximum absolute atomic E-state index is 13.6. The van der Waals surface area contributed by atoms with Crippen molar-refractivity contribution in [2.45, 2.75) is 19.1 Å². The van der Waals surface area contributed by atoms with Crippen molar-refractivity contribution < 1.29 is 14.4 Å². The van der Waals surface area contributed by atoms with Gasteiger partial charge in [-0.3, -0.25) is 14.4 Å². The molecule has 2 saturated heterocycles. The van der Waals surface area contributed by atoms with Gasteiger partial charge in [-0.25, -0.2) is 9.96 Å². The summed E-state index contributed by atoms with van der Waals surface area (Å²) in [6.07, 6.45) is -0.940. The lowest BCUT2D eigenvalue weighted by Gasteiger charge is -2.29. The molecule has 0 bridgehead atoms. The molecule has 5 nitrogen and oxygen atoms in total. The number of anilines is 2. The molecule has 0 saturated carbocycles. The van der Waals surface area contributed by atoms with Crippen LogP contribution in [-0.2, 0) is 14.4 Å². The van der Waals surface area contributed by atoms with E-state index in [2.05, 4.69) is 0 Å². The van der Waals surface area contributed by atoms with Gasteiger partial charge in [-0.1, -0.05) is 59.6 Å². The van der Waals surface area contributed by atoms with Gasteiger partial charge < -0.3 is 0 Å². The Balaban J connectivity index is 1.62. The number of hydroxylamine groups is 1. The average Bonchev–Trinajstić information content (AvgIpc) is 3.25. The van der Waals surface area contributed by atoms with Crippen LogP contribution in [0.5, 0.6) is 0 Å². The lowest BCUT2D eigenvalue weighted by Crippen LogP contribution is -2.37. The summed E-state index contributed by atoms with van der Waals surface area (Å²) in [5, 5.41) is 2.52. The fraction of sp³-hybridized carbons (Fsp3) is 0.167. The number of halogens is 2. The molecule has 3 aromatic rings. The minimum atomic E-state index is -0.940. The monoisotopic (exact) mass is 452 g/mol. The van der Waals surface area contributed by atoms with Crippen LogP contribution in [0, 0.1) is 12.8 Å². The molecule has 7 heteroatoms. The standard InChI is InChI=1S/C24H18Cl2N2O3/c1-14-6-5-9-17(12-14)27-23(29)20-21(18-11-10-15(25)13-19(18)26)28(31-22(20)24(27)30)16-7-3-2-4-8-16/h2-13,20-22H,1H3/t20-,21-,22-/m1/s1. The van der Waals surface area contributed by atoms with Crippen LogP contribution < -0.4 is 9.96 Å². The molecule has 2 aliphatic heterocycles. The average molecular weight is 453 g/mol. The van der Waals surface area contributed by atoms with E-state index in [-0.39, 0.29) is 11.8 Å². The molecule has 3 atom stereocenters. The van der Waals surface area contributed by atoms with Crippen molar-refractivity contribution >= 4 is 46.4 Å². The fourth-order valence-electron chi connectivity index (χ4n) is 4.29. The first kappa shape index (κ1) is 20.1. The number of nitrogens with zero attached hydrogens (tertiary/aromatic N) is 2. The van der Waals surface area contributed by atoms with Crippen molar-refractivity contribution in [3.63, 3.8) is 0 Å². The largest absolute Gasteiger partial charge is 0.273 e. The van der Waals surface area contributed by atoms with Crippen LogP contribution >= 0.6 is 23.2 Å². The van der Waals surface area contributed by atoms with E-state index in [4.69, 9.17) is 28.0 Å². The highest BCUT2D eigenvalue weighted by Gasteiger charge is 2.60. The van der Waals surface area contributed by atoms with Gasteiger partial charge in [0.2, 0.25) is 5.91 Å². The molecule has 5 rings (SSSR count). The van der Waals surface area contributed by atoms with E-state index in [0.717, 1.165) is 11.3 Å². The Morgan fingerprint density at radius 1 is 0.839 bits per heavy atom. The van der Waals surface area contributed by atoms with Gasteiger partial charge in [0.15, 0.2) is 6.10 Å². The number of imide groups is 1. The Bertz CT molecular complexity index is 1180. The summed E-state index contributed by atoms with van der Waals surface area (Å²) in [7, 11) is 0. The van der Waals surface area contributed by atoms with Crippen LogP contribution in [0.25, 0.3) is 0 Å².